The molecule has 21 heteroatoms. The first-order chi connectivity index (χ1) is 27.9. The summed E-state index contributed by atoms with van der Waals surface area (Å²) in [6.45, 7) is 6.14. The molecule has 0 aromatic carbocycles. The summed E-state index contributed by atoms with van der Waals surface area (Å²) in [4.78, 5) is 98.1. The van der Waals surface area contributed by atoms with Crippen LogP contribution in [0.15, 0.2) is 0 Å². The number of carbonyl (C=O) groups is 8. The Labute approximate surface area is 350 Å². The Bertz CT molecular complexity index is 1370. The van der Waals surface area contributed by atoms with Gasteiger partial charge in [-0.2, -0.15) is 11.1 Å². The Hall–Kier alpha value is -4.05. The lowest BCUT2D eigenvalue weighted by atomic mass is 9.87. The van der Waals surface area contributed by atoms with E-state index < -0.39 is 47.9 Å². The zero-order valence-corrected chi connectivity index (χ0v) is 35.6. The van der Waals surface area contributed by atoms with Crippen LogP contribution in [0.1, 0.15) is 111 Å². The lowest BCUT2D eigenvalue weighted by molar-refractivity contribution is -0.143. The van der Waals surface area contributed by atoms with Crippen molar-refractivity contribution in [3.05, 3.63) is 0 Å². The maximum atomic E-state index is 13.0. The van der Waals surface area contributed by atoms with Crippen molar-refractivity contribution >= 4 is 59.4 Å². The second kappa shape index (κ2) is 27.7. The third-order valence-corrected chi connectivity index (χ3v) is 10.9. The van der Waals surface area contributed by atoms with E-state index in [2.05, 4.69) is 27.0 Å². The molecule has 59 heavy (non-hydrogen) atoms. The van der Waals surface area contributed by atoms with Gasteiger partial charge in [-0.15, -0.1) is 11.8 Å². The van der Waals surface area contributed by atoms with Crippen molar-refractivity contribution in [3.8, 4) is 0 Å². The van der Waals surface area contributed by atoms with Crippen LogP contribution in [-0.4, -0.2) is 147 Å². The summed E-state index contributed by atoms with van der Waals surface area (Å²) in [5.74, 6) is -4.01. The van der Waals surface area contributed by atoms with Crippen LogP contribution in [0.5, 0.6) is 0 Å². The van der Waals surface area contributed by atoms with Gasteiger partial charge in [-0.25, -0.2) is 14.8 Å². The van der Waals surface area contributed by atoms with Gasteiger partial charge in [0.1, 0.15) is 18.7 Å². The van der Waals surface area contributed by atoms with Gasteiger partial charge in [0.2, 0.25) is 23.6 Å². The van der Waals surface area contributed by atoms with Crippen molar-refractivity contribution < 1.29 is 58.4 Å². The SMILES string of the molecule is CC(C)(C)OC(=O)NCCCCCNC(=O)CCCCCSC1CC(=O)N(CCNC(=O)CC2CCC(CC(=O)O)CCN(CC(=O)O)NNN(CC(=O)O)CC2)C1=O. The van der Waals surface area contributed by atoms with Gasteiger partial charge < -0.3 is 36.0 Å². The van der Waals surface area contributed by atoms with Gasteiger partial charge in [0, 0.05) is 65.0 Å². The molecule has 336 valence electrons. The number of nitrogens with zero attached hydrogens (tertiary/aromatic N) is 3. The Morgan fingerprint density at radius 1 is 0.712 bits per heavy atom. The van der Waals surface area contributed by atoms with Gasteiger partial charge in [-0.1, -0.05) is 6.42 Å². The van der Waals surface area contributed by atoms with E-state index in [0.29, 0.717) is 57.4 Å². The maximum Gasteiger partial charge on any atom is 0.407 e. The number of hydrogen-bond acceptors (Lipinski definition) is 14. The number of unbranched alkanes of at least 4 members (excludes halogenated alkanes) is 4. The van der Waals surface area contributed by atoms with Crippen LogP contribution in [0, 0.1) is 11.8 Å². The smallest absolute Gasteiger partial charge is 0.407 e. The third-order valence-electron chi connectivity index (χ3n) is 9.62. The number of carboxylic acids is 3. The first-order valence-electron chi connectivity index (χ1n) is 20.5. The molecule has 2 saturated heterocycles. The predicted molar refractivity (Wildman–Crippen MR) is 217 cm³/mol. The van der Waals surface area contributed by atoms with Crippen molar-refractivity contribution in [1.82, 2.24) is 41.9 Å². The number of carbonyl (C=O) groups excluding carboxylic acids is 5. The van der Waals surface area contributed by atoms with Crippen molar-refractivity contribution in [1.29, 1.82) is 0 Å². The molecule has 0 radical (unpaired) electrons. The summed E-state index contributed by atoms with van der Waals surface area (Å²) in [5, 5.41) is 38.7. The number of amides is 5. The number of carboxylic acid groups (broad SMARTS) is 3. The van der Waals surface area contributed by atoms with Crippen molar-refractivity contribution in [2.24, 2.45) is 11.8 Å². The summed E-state index contributed by atoms with van der Waals surface area (Å²) in [7, 11) is 0. The predicted octanol–water partition coefficient (Wildman–Crippen LogP) is 1.70. The molecule has 0 spiro atoms. The van der Waals surface area contributed by atoms with E-state index in [9.17, 15) is 53.7 Å². The fourth-order valence-corrected chi connectivity index (χ4v) is 7.79. The molecule has 20 nitrogen and oxygen atoms in total. The van der Waals surface area contributed by atoms with Crippen LogP contribution in [-0.2, 0) is 38.3 Å². The highest BCUT2D eigenvalue weighted by Crippen LogP contribution is 2.27. The Morgan fingerprint density at radius 3 is 1.85 bits per heavy atom. The van der Waals surface area contributed by atoms with Crippen LogP contribution < -0.4 is 27.0 Å². The highest BCUT2D eigenvalue weighted by Gasteiger charge is 2.38. The van der Waals surface area contributed by atoms with Crippen LogP contribution >= 0.6 is 11.8 Å². The van der Waals surface area contributed by atoms with Gasteiger partial charge in [-0.05, 0) is 96.1 Å². The lowest BCUT2D eigenvalue weighted by Crippen LogP contribution is -2.57. The summed E-state index contributed by atoms with van der Waals surface area (Å²) in [5.41, 5.74) is 4.90. The number of hydrogen-bond donors (Lipinski definition) is 8. The molecule has 2 heterocycles. The molecule has 3 unspecified atom stereocenters. The molecule has 0 saturated carbocycles. The highest BCUT2D eigenvalue weighted by molar-refractivity contribution is 8.00. The first-order valence-corrected chi connectivity index (χ1v) is 21.6. The zero-order chi connectivity index (χ0) is 43.8. The van der Waals surface area contributed by atoms with Crippen LogP contribution in [0.4, 0.5) is 4.79 Å². The molecule has 0 aromatic rings. The first kappa shape index (κ1) is 51.1. The largest absolute Gasteiger partial charge is 0.481 e. The number of nitrogens with one attached hydrogen (secondary N) is 5. The summed E-state index contributed by atoms with van der Waals surface area (Å²) < 4.78 is 5.19. The quantitative estimate of drug-likeness (QED) is 0.0507. The Morgan fingerprint density at radius 2 is 1.27 bits per heavy atom. The monoisotopic (exact) mass is 858 g/mol. The maximum absolute atomic E-state index is 13.0. The van der Waals surface area contributed by atoms with E-state index in [1.165, 1.54) is 26.7 Å². The molecular formula is C38H66N8O12S. The fraction of sp³-hybridized carbons (Fsp3) is 0.789. The van der Waals surface area contributed by atoms with E-state index in [0.717, 1.165) is 32.1 Å². The van der Waals surface area contributed by atoms with Gasteiger partial charge in [-0.3, -0.25) is 38.5 Å². The normalized spacial score (nSPS) is 20.0. The Balaban J connectivity index is 1.69. The summed E-state index contributed by atoms with van der Waals surface area (Å²) >= 11 is 1.42. The molecule has 0 bridgehead atoms. The number of likely N-dealkylation sites (tertiary alicyclic amines) is 1. The molecule has 0 aliphatic carbocycles. The highest BCUT2D eigenvalue weighted by atomic mass is 32.2. The van der Waals surface area contributed by atoms with Crippen molar-refractivity contribution in [2.75, 3.05) is 58.1 Å². The van der Waals surface area contributed by atoms with Crippen molar-refractivity contribution in [3.63, 3.8) is 0 Å². The van der Waals surface area contributed by atoms with Gasteiger partial charge in [0.05, 0.1) is 5.25 Å². The van der Waals surface area contributed by atoms with Gasteiger partial charge in [0.15, 0.2) is 0 Å². The molecular weight excluding hydrogens is 793 g/mol. The summed E-state index contributed by atoms with van der Waals surface area (Å²) in [6, 6.07) is 0. The number of ether oxygens (including phenoxy) is 1. The minimum Gasteiger partial charge on any atom is -0.481 e. The molecule has 8 N–H and O–H groups in total. The van der Waals surface area contributed by atoms with E-state index >= 15 is 0 Å². The fourth-order valence-electron chi connectivity index (χ4n) is 6.61. The minimum atomic E-state index is -1.12. The number of thioether (sulfide) groups is 1. The van der Waals surface area contributed by atoms with Crippen LogP contribution in [0.3, 0.4) is 0 Å². The van der Waals surface area contributed by atoms with Crippen molar-refractivity contribution in [2.45, 2.75) is 122 Å². The number of imide groups is 1. The average molecular weight is 859 g/mol. The molecule has 3 atom stereocenters. The topological polar surface area (TPSA) is 276 Å². The standard InChI is InChI=1S/C38H66N8O12S/c1-38(2,3)58-37(57)41-16-8-5-7-15-39-30(47)10-6-4-9-21-59-29-24-32(49)46(36(29)56)20-17-40-31(48)22-27-11-12-28(23-33(50)51)14-19-45(26-35(54)55)43-42-44(18-13-27)25-34(52)53/h27-29,42-43H,4-26H2,1-3H3,(H,39,47)(H,40,48)(H,41,57)(H,50,51)(H,52,53)(H,54,55). The average Bonchev–Trinajstić information content (AvgIpc) is 3.39. The molecule has 5 amide bonds. The van der Waals surface area contributed by atoms with Crippen LogP contribution in [0.25, 0.3) is 0 Å². The van der Waals surface area contributed by atoms with E-state index in [1.54, 1.807) is 20.8 Å². The summed E-state index contributed by atoms with van der Waals surface area (Å²) in [6.07, 6.45) is 6.42. The molecule has 2 rings (SSSR count). The number of alkyl carbamates (subject to hydrolysis) is 1. The van der Waals surface area contributed by atoms with Gasteiger partial charge in [0.25, 0.3) is 0 Å². The van der Waals surface area contributed by atoms with E-state index in [4.69, 9.17) is 4.74 Å². The second-order valence-corrected chi connectivity index (χ2v) is 17.3. The second-order valence-electron chi connectivity index (χ2n) is 16.0. The van der Waals surface area contributed by atoms with Crippen LogP contribution in [0.2, 0.25) is 0 Å². The van der Waals surface area contributed by atoms with E-state index in [1.807, 2.05) is 0 Å². The van der Waals surface area contributed by atoms with Gasteiger partial charge >= 0.3 is 24.0 Å². The number of aliphatic carboxylic acids is 3. The molecule has 0 aromatic heterocycles. The molecule has 2 aliphatic rings. The molecule has 2 aliphatic heterocycles. The third kappa shape index (κ3) is 24.0. The number of hydrazine groups is 3. The lowest BCUT2D eigenvalue weighted by Gasteiger charge is -2.31. The Kier molecular flexibility index (Phi) is 24.0. The number of rotatable bonds is 24. The minimum absolute atomic E-state index is 0.0145. The van der Waals surface area contributed by atoms with E-state index in [-0.39, 0.29) is 80.9 Å². The zero-order valence-electron chi connectivity index (χ0n) is 34.8. The molecule has 2 fully saturated rings.